The molecule has 3 heteroatoms. The van der Waals surface area contributed by atoms with Gasteiger partial charge in [-0.15, -0.1) is 0 Å². The van der Waals surface area contributed by atoms with Crippen molar-refractivity contribution >= 4 is 0 Å². The van der Waals surface area contributed by atoms with Crippen LogP contribution in [0.4, 0.5) is 4.39 Å². The van der Waals surface area contributed by atoms with Crippen molar-refractivity contribution < 1.29 is 4.39 Å². The van der Waals surface area contributed by atoms with Crippen molar-refractivity contribution in [1.82, 2.24) is 10.2 Å². The summed E-state index contributed by atoms with van der Waals surface area (Å²) in [5.74, 6) is 0.744. The summed E-state index contributed by atoms with van der Waals surface area (Å²) in [5.41, 5.74) is 1.16. The van der Waals surface area contributed by atoms with Gasteiger partial charge in [-0.3, -0.25) is 0 Å². The minimum absolute atomic E-state index is 0.165. The molecule has 18 heavy (non-hydrogen) atoms. The van der Waals surface area contributed by atoms with Crippen LogP contribution in [0.15, 0.2) is 24.3 Å². The van der Waals surface area contributed by atoms with Crippen LogP contribution in [0.25, 0.3) is 0 Å². The van der Waals surface area contributed by atoms with E-state index in [9.17, 15) is 4.39 Å². The molecule has 2 rings (SSSR count). The van der Waals surface area contributed by atoms with E-state index in [1.54, 1.807) is 0 Å². The second-order valence-corrected chi connectivity index (χ2v) is 5.44. The number of likely N-dealkylation sites (N-methyl/N-ethyl adjacent to an activating group) is 1. The third-order valence-electron chi connectivity index (χ3n) is 3.65. The van der Waals surface area contributed by atoms with Gasteiger partial charge in [-0.25, -0.2) is 4.39 Å². The zero-order valence-electron chi connectivity index (χ0n) is 11.3. The lowest BCUT2D eigenvalue weighted by Gasteiger charge is -2.19. The third kappa shape index (κ3) is 4.39. The third-order valence-corrected chi connectivity index (χ3v) is 3.65. The second kappa shape index (κ2) is 6.30. The summed E-state index contributed by atoms with van der Waals surface area (Å²) >= 11 is 0. The van der Waals surface area contributed by atoms with E-state index in [2.05, 4.69) is 24.2 Å². The number of benzene rings is 1. The summed E-state index contributed by atoms with van der Waals surface area (Å²) in [7, 11) is 2.10. The lowest BCUT2D eigenvalue weighted by Crippen LogP contribution is -2.35. The second-order valence-electron chi connectivity index (χ2n) is 5.44. The average Bonchev–Trinajstić information content (AvgIpc) is 3.16. The van der Waals surface area contributed by atoms with Gasteiger partial charge in [0.05, 0.1) is 0 Å². The predicted octanol–water partition coefficient (Wildman–Crippen LogP) is 2.65. The van der Waals surface area contributed by atoms with Crippen LogP contribution in [-0.4, -0.2) is 31.1 Å². The molecule has 1 aliphatic rings. The largest absolute Gasteiger partial charge is 0.313 e. The first-order valence-electron chi connectivity index (χ1n) is 6.81. The summed E-state index contributed by atoms with van der Waals surface area (Å²) < 4.78 is 12.8. The zero-order chi connectivity index (χ0) is 13.0. The van der Waals surface area contributed by atoms with E-state index in [0.717, 1.165) is 31.1 Å². The van der Waals surface area contributed by atoms with Crippen molar-refractivity contribution in [3.63, 3.8) is 0 Å². The molecule has 0 radical (unpaired) electrons. The summed E-state index contributed by atoms with van der Waals surface area (Å²) in [6.45, 7) is 5.20. The van der Waals surface area contributed by atoms with E-state index in [1.165, 1.54) is 25.0 Å². The van der Waals surface area contributed by atoms with E-state index in [4.69, 9.17) is 0 Å². The first kappa shape index (κ1) is 13.5. The van der Waals surface area contributed by atoms with Crippen molar-refractivity contribution in [3.8, 4) is 0 Å². The number of nitrogens with zero attached hydrogens (tertiary/aromatic N) is 1. The molecule has 1 fully saturated rings. The number of halogens is 1. The molecule has 1 unspecified atom stereocenters. The van der Waals surface area contributed by atoms with Crippen LogP contribution in [0.3, 0.4) is 0 Å². The first-order valence-corrected chi connectivity index (χ1v) is 6.81. The quantitative estimate of drug-likeness (QED) is 0.800. The molecule has 1 N–H and O–H groups in total. The monoisotopic (exact) mass is 250 g/mol. The number of hydrogen-bond donors (Lipinski definition) is 1. The van der Waals surface area contributed by atoms with Crippen molar-refractivity contribution in [3.05, 3.63) is 35.6 Å². The Morgan fingerprint density at radius 3 is 2.61 bits per heavy atom. The van der Waals surface area contributed by atoms with Crippen LogP contribution in [-0.2, 0) is 6.54 Å². The minimum atomic E-state index is -0.165. The SMILES string of the molecule is CC(NCCN(C)Cc1ccc(F)cc1)C1CC1. The maximum Gasteiger partial charge on any atom is 0.123 e. The average molecular weight is 250 g/mol. The Morgan fingerprint density at radius 1 is 1.33 bits per heavy atom. The molecular weight excluding hydrogens is 227 g/mol. The van der Waals surface area contributed by atoms with Gasteiger partial charge >= 0.3 is 0 Å². The van der Waals surface area contributed by atoms with Crippen molar-refractivity contribution in [2.45, 2.75) is 32.4 Å². The van der Waals surface area contributed by atoms with E-state index in [1.807, 2.05) is 12.1 Å². The van der Waals surface area contributed by atoms with Gasteiger partial charge in [0.25, 0.3) is 0 Å². The minimum Gasteiger partial charge on any atom is -0.313 e. The fourth-order valence-corrected chi connectivity index (χ4v) is 2.23. The molecule has 0 heterocycles. The van der Waals surface area contributed by atoms with Crippen molar-refractivity contribution in [1.29, 1.82) is 0 Å². The Hall–Kier alpha value is -0.930. The van der Waals surface area contributed by atoms with Crippen LogP contribution < -0.4 is 5.32 Å². The van der Waals surface area contributed by atoms with E-state index < -0.39 is 0 Å². The maximum absolute atomic E-state index is 12.8. The Balaban J connectivity index is 1.65. The van der Waals surface area contributed by atoms with Crippen molar-refractivity contribution in [2.24, 2.45) is 5.92 Å². The van der Waals surface area contributed by atoms with E-state index in [-0.39, 0.29) is 5.82 Å². The highest BCUT2D eigenvalue weighted by Crippen LogP contribution is 2.32. The predicted molar refractivity (Wildman–Crippen MR) is 72.9 cm³/mol. The molecule has 100 valence electrons. The van der Waals surface area contributed by atoms with Gasteiger partial charge in [0.15, 0.2) is 0 Å². The number of hydrogen-bond acceptors (Lipinski definition) is 2. The van der Waals surface area contributed by atoms with Crippen LogP contribution in [0.2, 0.25) is 0 Å². The van der Waals surface area contributed by atoms with Crippen LogP contribution in [0, 0.1) is 11.7 Å². The van der Waals surface area contributed by atoms with Crippen molar-refractivity contribution in [2.75, 3.05) is 20.1 Å². The first-order chi connectivity index (χ1) is 8.65. The molecule has 1 aromatic carbocycles. The summed E-state index contributed by atoms with van der Waals surface area (Å²) in [6, 6.07) is 7.41. The Labute approximate surface area is 109 Å². The topological polar surface area (TPSA) is 15.3 Å². The highest BCUT2D eigenvalue weighted by atomic mass is 19.1. The van der Waals surface area contributed by atoms with Crippen LogP contribution in [0.5, 0.6) is 0 Å². The van der Waals surface area contributed by atoms with E-state index in [0.29, 0.717) is 6.04 Å². The fourth-order valence-electron chi connectivity index (χ4n) is 2.23. The molecule has 0 aliphatic heterocycles. The maximum atomic E-state index is 12.8. The lowest BCUT2D eigenvalue weighted by molar-refractivity contribution is 0.315. The van der Waals surface area contributed by atoms with Gasteiger partial charge in [0, 0.05) is 25.7 Å². The molecule has 0 saturated heterocycles. The van der Waals surface area contributed by atoms with Gasteiger partial charge < -0.3 is 10.2 Å². The Morgan fingerprint density at radius 2 is 2.00 bits per heavy atom. The number of rotatable bonds is 7. The van der Waals surface area contributed by atoms with Crippen LogP contribution >= 0.6 is 0 Å². The summed E-state index contributed by atoms with van der Waals surface area (Å²) in [5, 5.41) is 3.57. The molecular formula is C15H23FN2. The van der Waals surface area contributed by atoms with Crippen LogP contribution in [0.1, 0.15) is 25.3 Å². The Kier molecular flexibility index (Phi) is 4.72. The van der Waals surface area contributed by atoms with E-state index >= 15 is 0 Å². The molecule has 0 spiro atoms. The summed E-state index contributed by atoms with van der Waals surface area (Å²) in [6.07, 6.45) is 2.78. The van der Waals surface area contributed by atoms with Gasteiger partial charge in [-0.1, -0.05) is 12.1 Å². The van der Waals surface area contributed by atoms with Gasteiger partial charge in [0.2, 0.25) is 0 Å². The lowest BCUT2D eigenvalue weighted by atomic mass is 10.2. The normalized spacial score (nSPS) is 17.1. The summed E-state index contributed by atoms with van der Waals surface area (Å²) in [4.78, 5) is 2.26. The smallest absolute Gasteiger partial charge is 0.123 e. The number of nitrogens with one attached hydrogen (secondary N) is 1. The molecule has 0 bridgehead atoms. The van der Waals surface area contributed by atoms with Gasteiger partial charge in [0.1, 0.15) is 5.82 Å². The standard InChI is InChI=1S/C15H23FN2/c1-12(14-5-6-14)17-9-10-18(2)11-13-3-7-15(16)8-4-13/h3-4,7-8,12,14,17H,5-6,9-11H2,1-2H3. The molecule has 1 atom stereocenters. The molecule has 0 amide bonds. The molecule has 1 saturated carbocycles. The Bertz CT molecular complexity index is 359. The fraction of sp³-hybridized carbons (Fsp3) is 0.600. The van der Waals surface area contributed by atoms with Gasteiger partial charge in [-0.2, -0.15) is 0 Å². The highest BCUT2D eigenvalue weighted by molar-refractivity contribution is 5.15. The molecule has 0 aromatic heterocycles. The molecule has 1 aliphatic carbocycles. The molecule has 1 aromatic rings. The molecule has 2 nitrogen and oxygen atoms in total. The highest BCUT2D eigenvalue weighted by Gasteiger charge is 2.27. The zero-order valence-corrected chi connectivity index (χ0v) is 11.3. The van der Waals surface area contributed by atoms with Gasteiger partial charge in [-0.05, 0) is 50.4 Å².